The normalized spacial score (nSPS) is 10.7. The van der Waals surface area contributed by atoms with E-state index in [9.17, 15) is 10.1 Å². The zero-order valence-electron chi connectivity index (χ0n) is 12.8. The minimum Gasteiger partial charge on any atom is -0.493 e. The molecule has 2 aromatic rings. The molecule has 0 aliphatic rings. The van der Waals surface area contributed by atoms with Crippen LogP contribution in [0.2, 0.25) is 0 Å². The summed E-state index contributed by atoms with van der Waals surface area (Å²) in [6.45, 7) is 2.46. The van der Waals surface area contributed by atoms with E-state index >= 15 is 0 Å². The number of hydrogen-bond donors (Lipinski definition) is 0. The second-order valence-electron chi connectivity index (χ2n) is 4.91. The van der Waals surface area contributed by atoms with Crippen LogP contribution in [0.3, 0.4) is 0 Å². The van der Waals surface area contributed by atoms with E-state index in [1.807, 2.05) is 37.3 Å². The molecule has 0 atom stereocenters. The van der Waals surface area contributed by atoms with Crippen molar-refractivity contribution in [1.82, 2.24) is 0 Å². The highest BCUT2D eigenvalue weighted by Crippen LogP contribution is 2.35. The van der Waals surface area contributed by atoms with E-state index in [4.69, 9.17) is 9.47 Å². The molecule has 0 fully saturated rings. The molecule has 0 radical (unpaired) electrons. The first-order valence-electron chi connectivity index (χ1n) is 6.87. The first-order valence-corrected chi connectivity index (χ1v) is 7.95. The van der Waals surface area contributed by atoms with Gasteiger partial charge in [0.1, 0.15) is 6.61 Å². The van der Waals surface area contributed by atoms with Gasteiger partial charge in [-0.2, -0.15) is 0 Å². The topological polar surface area (TPSA) is 61.6 Å². The Bertz CT molecular complexity index is 726. The monoisotopic (exact) mass is 425 g/mol. The Balaban J connectivity index is 2.20. The lowest BCUT2D eigenvalue weighted by Crippen LogP contribution is -2.00. The fraction of sp³-hybridized carbons (Fsp3) is 0.176. The van der Waals surface area contributed by atoms with Gasteiger partial charge in [0.15, 0.2) is 11.5 Å². The molecule has 0 N–H and O–H groups in total. The molecule has 0 amide bonds. The van der Waals surface area contributed by atoms with Gasteiger partial charge in [0.2, 0.25) is 6.20 Å². The second-order valence-corrected chi connectivity index (χ2v) is 6.07. The number of nitro groups is 1. The molecular formula is C17H16INO4. The first-order chi connectivity index (χ1) is 11.0. The van der Waals surface area contributed by atoms with E-state index in [-0.39, 0.29) is 0 Å². The molecule has 2 rings (SSSR count). The maximum atomic E-state index is 10.4. The number of aryl methyl sites for hydroxylation is 1. The van der Waals surface area contributed by atoms with Gasteiger partial charge in [0.05, 0.1) is 15.6 Å². The summed E-state index contributed by atoms with van der Waals surface area (Å²) in [5.74, 6) is 1.18. The van der Waals surface area contributed by atoms with Crippen molar-refractivity contribution in [2.45, 2.75) is 13.5 Å². The largest absolute Gasteiger partial charge is 0.493 e. The molecular weight excluding hydrogens is 409 g/mol. The summed E-state index contributed by atoms with van der Waals surface area (Å²) in [6, 6.07) is 11.6. The molecule has 5 nitrogen and oxygen atoms in total. The summed E-state index contributed by atoms with van der Waals surface area (Å²) in [5.41, 5.74) is 2.94. The van der Waals surface area contributed by atoms with E-state index in [0.717, 1.165) is 15.3 Å². The van der Waals surface area contributed by atoms with E-state index in [1.165, 1.54) is 11.6 Å². The summed E-state index contributed by atoms with van der Waals surface area (Å²) in [6.07, 6.45) is 2.33. The number of benzene rings is 2. The summed E-state index contributed by atoms with van der Waals surface area (Å²) < 4.78 is 12.1. The molecule has 0 aliphatic carbocycles. The molecule has 0 spiro atoms. The standard InChI is InChI=1S/C17H16INO4/c1-12-3-5-13(6-4-12)11-23-17-15(18)9-14(7-8-19(20)21)10-16(17)22-2/h3-10H,11H2,1-2H3/b8-7-. The third kappa shape index (κ3) is 4.95. The fourth-order valence-electron chi connectivity index (χ4n) is 1.96. The van der Waals surface area contributed by atoms with Gasteiger partial charge in [-0.25, -0.2) is 0 Å². The molecule has 0 saturated carbocycles. The van der Waals surface area contributed by atoms with Gasteiger partial charge < -0.3 is 9.47 Å². The van der Waals surface area contributed by atoms with Gasteiger partial charge in [-0.15, -0.1) is 0 Å². The Morgan fingerprint density at radius 1 is 1.26 bits per heavy atom. The summed E-state index contributed by atoms with van der Waals surface area (Å²) in [5, 5.41) is 10.4. The van der Waals surface area contributed by atoms with Crippen molar-refractivity contribution < 1.29 is 14.4 Å². The Hall–Kier alpha value is -2.09. The number of hydrogen-bond acceptors (Lipinski definition) is 4. The number of halogens is 1. The van der Waals surface area contributed by atoms with E-state index < -0.39 is 4.92 Å². The zero-order chi connectivity index (χ0) is 16.8. The average Bonchev–Trinajstić information content (AvgIpc) is 2.53. The maximum absolute atomic E-state index is 10.4. The molecule has 0 bridgehead atoms. The van der Waals surface area contributed by atoms with Crippen LogP contribution in [-0.4, -0.2) is 12.0 Å². The van der Waals surface area contributed by atoms with Crippen molar-refractivity contribution in [2.75, 3.05) is 7.11 Å². The first kappa shape index (κ1) is 17.3. The highest BCUT2D eigenvalue weighted by atomic mass is 127. The van der Waals surface area contributed by atoms with Gasteiger partial charge in [-0.05, 0) is 52.8 Å². The van der Waals surface area contributed by atoms with Gasteiger partial charge in [-0.3, -0.25) is 10.1 Å². The second kappa shape index (κ2) is 7.96. The van der Waals surface area contributed by atoms with Crippen LogP contribution in [0.4, 0.5) is 0 Å². The van der Waals surface area contributed by atoms with Crippen LogP contribution in [0, 0.1) is 20.6 Å². The SMILES string of the molecule is COc1cc(/C=C\[N+](=O)[O-])cc(I)c1OCc1ccc(C)cc1. The van der Waals surface area contributed by atoms with E-state index in [1.54, 1.807) is 13.2 Å². The van der Waals surface area contributed by atoms with Crippen molar-refractivity contribution in [2.24, 2.45) is 0 Å². The minimum atomic E-state index is -0.499. The molecule has 0 heterocycles. The molecule has 23 heavy (non-hydrogen) atoms. The molecule has 120 valence electrons. The third-order valence-electron chi connectivity index (χ3n) is 3.14. The molecule has 2 aromatic carbocycles. The van der Waals surface area contributed by atoms with Gasteiger partial charge in [-0.1, -0.05) is 29.8 Å². The van der Waals surface area contributed by atoms with Crippen molar-refractivity contribution >= 4 is 28.7 Å². The van der Waals surface area contributed by atoms with Crippen LogP contribution in [-0.2, 0) is 6.61 Å². The van der Waals surface area contributed by atoms with Crippen molar-refractivity contribution in [3.63, 3.8) is 0 Å². The molecule has 6 heteroatoms. The Morgan fingerprint density at radius 3 is 2.57 bits per heavy atom. The van der Waals surface area contributed by atoms with Crippen LogP contribution < -0.4 is 9.47 Å². The van der Waals surface area contributed by atoms with Crippen molar-refractivity contribution in [3.05, 3.63) is 73.0 Å². The maximum Gasteiger partial charge on any atom is 0.235 e. The summed E-state index contributed by atoms with van der Waals surface area (Å²) >= 11 is 2.13. The summed E-state index contributed by atoms with van der Waals surface area (Å²) in [4.78, 5) is 9.92. The Kier molecular flexibility index (Phi) is 5.97. The van der Waals surface area contributed by atoms with Crippen LogP contribution in [0.5, 0.6) is 11.5 Å². The van der Waals surface area contributed by atoms with Gasteiger partial charge in [0, 0.05) is 6.08 Å². The minimum absolute atomic E-state index is 0.427. The smallest absolute Gasteiger partial charge is 0.235 e. The Labute approximate surface area is 148 Å². The van der Waals surface area contributed by atoms with Gasteiger partial charge >= 0.3 is 0 Å². The molecule has 0 aliphatic heterocycles. The quantitative estimate of drug-likeness (QED) is 0.390. The zero-order valence-corrected chi connectivity index (χ0v) is 14.9. The van der Waals surface area contributed by atoms with Crippen LogP contribution >= 0.6 is 22.6 Å². The number of methoxy groups -OCH3 is 1. The lowest BCUT2D eigenvalue weighted by Gasteiger charge is -2.13. The summed E-state index contributed by atoms with van der Waals surface area (Å²) in [7, 11) is 1.55. The molecule has 0 saturated heterocycles. The van der Waals surface area contributed by atoms with Crippen LogP contribution in [0.15, 0.2) is 42.6 Å². The predicted octanol–water partition coefficient (Wildman–Crippen LogP) is 4.43. The number of rotatable bonds is 6. The highest BCUT2D eigenvalue weighted by molar-refractivity contribution is 14.1. The highest BCUT2D eigenvalue weighted by Gasteiger charge is 2.11. The third-order valence-corrected chi connectivity index (χ3v) is 3.95. The Morgan fingerprint density at radius 2 is 1.96 bits per heavy atom. The molecule has 0 unspecified atom stereocenters. The van der Waals surface area contributed by atoms with Crippen LogP contribution in [0.25, 0.3) is 6.08 Å². The van der Waals surface area contributed by atoms with E-state index in [0.29, 0.717) is 23.7 Å². The lowest BCUT2D eigenvalue weighted by atomic mass is 10.1. The predicted molar refractivity (Wildman–Crippen MR) is 97.3 cm³/mol. The van der Waals surface area contributed by atoms with Crippen LogP contribution in [0.1, 0.15) is 16.7 Å². The fourth-order valence-corrected chi connectivity index (χ4v) is 2.74. The number of nitrogens with zero attached hydrogens (tertiary/aromatic N) is 1. The van der Waals surface area contributed by atoms with E-state index in [2.05, 4.69) is 22.6 Å². The number of ether oxygens (including phenoxy) is 2. The van der Waals surface area contributed by atoms with Crippen molar-refractivity contribution in [1.29, 1.82) is 0 Å². The lowest BCUT2D eigenvalue weighted by molar-refractivity contribution is -0.400. The average molecular weight is 425 g/mol. The van der Waals surface area contributed by atoms with Crippen molar-refractivity contribution in [3.8, 4) is 11.5 Å². The van der Waals surface area contributed by atoms with Gasteiger partial charge in [0.25, 0.3) is 0 Å². The molecule has 0 aromatic heterocycles.